The second-order valence-electron chi connectivity index (χ2n) is 4.52. The standard InChI is InChI=1S/C11H15N3O5S/c1-8-7-19-5-4-13(8)20(17,18)11-6-9(12)2-3-10(11)14(15)16/h2-3,6,8H,4-5,7,12H2,1H3. The van der Waals surface area contributed by atoms with Crippen molar-refractivity contribution in [2.75, 3.05) is 25.5 Å². The minimum absolute atomic E-state index is 0.162. The molecule has 1 saturated heterocycles. The van der Waals surface area contributed by atoms with E-state index in [1.54, 1.807) is 6.92 Å². The summed E-state index contributed by atoms with van der Waals surface area (Å²) in [4.78, 5) is 9.90. The van der Waals surface area contributed by atoms with Gasteiger partial charge in [-0.25, -0.2) is 8.42 Å². The first-order valence-corrected chi connectivity index (χ1v) is 7.41. The van der Waals surface area contributed by atoms with E-state index in [0.717, 1.165) is 12.1 Å². The van der Waals surface area contributed by atoms with E-state index in [0.29, 0.717) is 0 Å². The molecule has 0 radical (unpaired) electrons. The van der Waals surface area contributed by atoms with Gasteiger partial charge in [0.15, 0.2) is 4.90 Å². The van der Waals surface area contributed by atoms with E-state index in [-0.39, 0.29) is 36.4 Å². The number of hydrogen-bond donors (Lipinski definition) is 1. The van der Waals surface area contributed by atoms with Gasteiger partial charge in [-0.1, -0.05) is 0 Å². The highest BCUT2D eigenvalue weighted by atomic mass is 32.2. The van der Waals surface area contributed by atoms with E-state index < -0.39 is 20.6 Å². The number of nitro benzene ring substituents is 1. The fourth-order valence-corrected chi connectivity index (χ4v) is 3.88. The molecule has 2 rings (SSSR count). The lowest BCUT2D eigenvalue weighted by atomic mass is 10.3. The lowest BCUT2D eigenvalue weighted by molar-refractivity contribution is -0.387. The number of sulfonamides is 1. The molecule has 0 spiro atoms. The summed E-state index contributed by atoms with van der Waals surface area (Å²) < 4.78 is 31.6. The Hall–Kier alpha value is -1.71. The van der Waals surface area contributed by atoms with Crippen molar-refractivity contribution in [3.05, 3.63) is 28.3 Å². The highest BCUT2D eigenvalue weighted by molar-refractivity contribution is 7.89. The van der Waals surface area contributed by atoms with Gasteiger partial charge < -0.3 is 10.5 Å². The molecule has 20 heavy (non-hydrogen) atoms. The summed E-state index contributed by atoms with van der Waals surface area (Å²) in [7, 11) is -3.98. The SMILES string of the molecule is CC1COCCN1S(=O)(=O)c1cc(N)ccc1[N+](=O)[O-]. The molecule has 0 amide bonds. The molecule has 110 valence electrons. The van der Waals surface area contributed by atoms with Gasteiger partial charge in [-0.3, -0.25) is 10.1 Å². The average Bonchev–Trinajstić information content (AvgIpc) is 2.38. The van der Waals surface area contributed by atoms with Gasteiger partial charge in [0, 0.05) is 24.3 Å². The Balaban J connectivity index is 2.53. The maximum atomic E-state index is 12.6. The molecule has 9 heteroatoms. The van der Waals surface area contributed by atoms with Gasteiger partial charge in [0.05, 0.1) is 18.1 Å². The predicted molar refractivity (Wildman–Crippen MR) is 71.7 cm³/mol. The van der Waals surface area contributed by atoms with Gasteiger partial charge in [-0.15, -0.1) is 0 Å². The summed E-state index contributed by atoms with van der Waals surface area (Å²) >= 11 is 0. The Morgan fingerprint density at radius 3 is 2.80 bits per heavy atom. The summed E-state index contributed by atoms with van der Waals surface area (Å²) in [6.07, 6.45) is 0. The molecular weight excluding hydrogens is 286 g/mol. The zero-order valence-electron chi connectivity index (χ0n) is 10.9. The van der Waals surface area contributed by atoms with Crippen LogP contribution in [0.5, 0.6) is 0 Å². The monoisotopic (exact) mass is 301 g/mol. The molecule has 0 saturated carbocycles. The Labute approximate surface area is 116 Å². The second kappa shape index (κ2) is 5.35. The van der Waals surface area contributed by atoms with Gasteiger partial charge in [0.25, 0.3) is 5.69 Å². The highest BCUT2D eigenvalue weighted by Crippen LogP contribution is 2.30. The van der Waals surface area contributed by atoms with E-state index in [4.69, 9.17) is 10.5 Å². The fraction of sp³-hybridized carbons (Fsp3) is 0.455. The number of nitrogens with zero attached hydrogens (tertiary/aromatic N) is 2. The molecule has 0 bridgehead atoms. The van der Waals surface area contributed by atoms with Crippen LogP contribution in [-0.4, -0.2) is 43.4 Å². The van der Waals surface area contributed by atoms with Crippen LogP contribution in [-0.2, 0) is 14.8 Å². The smallest absolute Gasteiger partial charge is 0.289 e. The third kappa shape index (κ3) is 2.60. The highest BCUT2D eigenvalue weighted by Gasteiger charge is 2.36. The van der Waals surface area contributed by atoms with Crippen molar-refractivity contribution in [3.8, 4) is 0 Å². The minimum Gasteiger partial charge on any atom is -0.399 e. The first-order valence-electron chi connectivity index (χ1n) is 5.97. The Morgan fingerprint density at radius 2 is 2.20 bits per heavy atom. The van der Waals surface area contributed by atoms with Gasteiger partial charge >= 0.3 is 0 Å². The molecule has 1 heterocycles. The molecule has 1 aromatic rings. The van der Waals surface area contributed by atoms with E-state index in [9.17, 15) is 18.5 Å². The number of anilines is 1. The number of hydrogen-bond acceptors (Lipinski definition) is 6. The normalized spacial score (nSPS) is 20.8. The first-order chi connectivity index (χ1) is 9.34. The number of ether oxygens (including phenoxy) is 1. The lowest BCUT2D eigenvalue weighted by Crippen LogP contribution is -2.47. The maximum absolute atomic E-state index is 12.6. The molecular formula is C11H15N3O5S. The molecule has 2 N–H and O–H groups in total. The zero-order valence-corrected chi connectivity index (χ0v) is 11.7. The largest absolute Gasteiger partial charge is 0.399 e. The van der Waals surface area contributed by atoms with Crippen molar-refractivity contribution in [2.24, 2.45) is 0 Å². The third-order valence-corrected chi connectivity index (χ3v) is 5.12. The molecule has 1 aliphatic heterocycles. The van der Waals surface area contributed by atoms with Gasteiger partial charge in [0.1, 0.15) is 0 Å². The van der Waals surface area contributed by atoms with Crippen molar-refractivity contribution in [1.82, 2.24) is 4.31 Å². The summed E-state index contributed by atoms with van der Waals surface area (Å²) in [5.41, 5.74) is 5.25. The quantitative estimate of drug-likeness (QED) is 0.496. The van der Waals surface area contributed by atoms with Crippen molar-refractivity contribution < 1.29 is 18.1 Å². The fourth-order valence-electron chi connectivity index (χ4n) is 2.08. The van der Waals surface area contributed by atoms with E-state index in [1.807, 2.05) is 0 Å². The lowest BCUT2D eigenvalue weighted by Gasteiger charge is -2.32. The van der Waals surface area contributed by atoms with Gasteiger partial charge in [-0.2, -0.15) is 4.31 Å². The van der Waals surface area contributed by atoms with E-state index in [2.05, 4.69) is 0 Å². The summed E-state index contributed by atoms with van der Waals surface area (Å²) in [6, 6.07) is 3.15. The molecule has 1 fully saturated rings. The Kier molecular flexibility index (Phi) is 3.93. The number of nitro groups is 1. The van der Waals surface area contributed by atoms with E-state index in [1.165, 1.54) is 10.4 Å². The number of benzene rings is 1. The molecule has 0 aromatic heterocycles. The van der Waals surface area contributed by atoms with Crippen LogP contribution in [0.3, 0.4) is 0 Å². The zero-order chi connectivity index (χ0) is 14.9. The topological polar surface area (TPSA) is 116 Å². The average molecular weight is 301 g/mol. The molecule has 8 nitrogen and oxygen atoms in total. The van der Waals surface area contributed by atoms with E-state index >= 15 is 0 Å². The van der Waals surface area contributed by atoms with Crippen LogP contribution >= 0.6 is 0 Å². The van der Waals surface area contributed by atoms with Crippen molar-refractivity contribution in [2.45, 2.75) is 17.9 Å². The molecule has 1 aromatic carbocycles. The van der Waals surface area contributed by atoms with Crippen molar-refractivity contribution >= 4 is 21.4 Å². The summed E-state index contributed by atoms with van der Waals surface area (Å²) in [5.74, 6) is 0. The van der Waals surface area contributed by atoms with Gasteiger partial charge in [0.2, 0.25) is 10.0 Å². The summed E-state index contributed by atoms with van der Waals surface area (Å²) in [5, 5.41) is 11.0. The van der Waals surface area contributed by atoms with Crippen LogP contribution in [0.4, 0.5) is 11.4 Å². The van der Waals surface area contributed by atoms with Crippen molar-refractivity contribution in [3.63, 3.8) is 0 Å². The maximum Gasteiger partial charge on any atom is 0.289 e. The Bertz CT molecular complexity index is 631. The van der Waals surface area contributed by atoms with Crippen LogP contribution in [0.15, 0.2) is 23.1 Å². The predicted octanol–water partition coefficient (Wildman–Crippen LogP) is 0.586. The van der Waals surface area contributed by atoms with Gasteiger partial charge in [-0.05, 0) is 19.1 Å². The molecule has 1 aliphatic rings. The van der Waals surface area contributed by atoms with Crippen LogP contribution in [0.25, 0.3) is 0 Å². The van der Waals surface area contributed by atoms with Crippen LogP contribution < -0.4 is 5.73 Å². The first kappa shape index (κ1) is 14.7. The van der Waals surface area contributed by atoms with Crippen LogP contribution in [0.1, 0.15) is 6.92 Å². The van der Waals surface area contributed by atoms with Crippen molar-refractivity contribution in [1.29, 1.82) is 0 Å². The van der Waals surface area contributed by atoms with Crippen LogP contribution in [0.2, 0.25) is 0 Å². The second-order valence-corrected chi connectivity index (χ2v) is 6.38. The summed E-state index contributed by atoms with van der Waals surface area (Å²) in [6.45, 7) is 2.37. The third-order valence-electron chi connectivity index (χ3n) is 3.07. The molecule has 1 atom stereocenters. The Morgan fingerprint density at radius 1 is 1.50 bits per heavy atom. The molecule has 1 unspecified atom stereocenters. The minimum atomic E-state index is -3.98. The number of morpholine rings is 1. The molecule has 0 aliphatic carbocycles. The number of nitrogen functional groups attached to an aromatic ring is 1. The van der Waals surface area contributed by atoms with Crippen LogP contribution in [0, 0.1) is 10.1 Å². The number of rotatable bonds is 3. The number of nitrogens with two attached hydrogens (primary N) is 1.